The van der Waals surface area contributed by atoms with Crippen LogP contribution in [-0.4, -0.2) is 5.78 Å². The van der Waals surface area contributed by atoms with E-state index in [0.29, 0.717) is 28.8 Å². The highest BCUT2D eigenvalue weighted by Gasteiger charge is 2.35. The molecule has 1 nitrogen and oxygen atoms in total. The first-order chi connectivity index (χ1) is 9.77. The fraction of sp³-hybridized carbons (Fsp3) is 0.133. The van der Waals surface area contributed by atoms with Gasteiger partial charge in [0, 0.05) is 17.0 Å². The first-order valence-corrected chi connectivity index (χ1v) is 6.29. The van der Waals surface area contributed by atoms with Crippen molar-refractivity contribution >= 4 is 17.4 Å². The van der Waals surface area contributed by atoms with E-state index in [2.05, 4.69) is 0 Å². The summed E-state index contributed by atoms with van der Waals surface area (Å²) in [4.78, 5) is 12.0. The Morgan fingerprint density at radius 2 is 1.81 bits per heavy atom. The topological polar surface area (TPSA) is 17.1 Å². The van der Waals surface area contributed by atoms with E-state index in [0.717, 1.165) is 0 Å². The van der Waals surface area contributed by atoms with Crippen LogP contribution in [0.3, 0.4) is 0 Å². The number of hydrogen-bond donors (Lipinski definition) is 0. The number of halogens is 5. The Morgan fingerprint density at radius 3 is 2.43 bits per heavy atom. The quantitative estimate of drug-likeness (QED) is 0.580. The fourth-order valence-corrected chi connectivity index (χ4v) is 2.13. The number of rotatable bonds is 3. The van der Waals surface area contributed by atoms with Gasteiger partial charge in [0.05, 0.1) is 5.56 Å². The lowest BCUT2D eigenvalue weighted by molar-refractivity contribution is -0.137. The molecule has 0 amide bonds. The molecule has 21 heavy (non-hydrogen) atoms. The predicted molar refractivity (Wildman–Crippen MR) is 70.9 cm³/mol. The van der Waals surface area contributed by atoms with Gasteiger partial charge < -0.3 is 0 Å². The van der Waals surface area contributed by atoms with Gasteiger partial charge in [0.25, 0.3) is 0 Å². The smallest absolute Gasteiger partial charge is 0.294 e. The van der Waals surface area contributed by atoms with Crippen LogP contribution in [-0.2, 0) is 12.6 Å². The van der Waals surface area contributed by atoms with Gasteiger partial charge in [-0.25, -0.2) is 4.39 Å². The number of ketones is 1. The van der Waals surface area contributed by atoms with Crippen LogP contribution in [0.1, 0.15) is 21.5 Å². The summed E-state index contributed by atoms with van der Waals surface area (Å²) < 4.78 is 51.7. The summed E-state index contributed by atoms with van der Waals surface area (Å²) in [6.07, 6.45) is -5.00. The second kappa shape index (κ2) is 5.85. The van der Waals surface area contributed by atoms with E-state index in [1.165, 1.54) is 6.07 Å². The number of benzene rings is 2. The lowest BCUT2D eigenvalue weighted by atomic mass is 9.98. The first kappa shape index (κ1) is 15.5. The Balaban J connectivity index is 2.37. The Labute approximate surface area is 123 Å². The second-order valence-corrected chi connectivity index (χ2v) is 4.85. The van der Waals surface area contributed by atoms with E-state index in [9.17, 15) is 22.4 Å². The molecule has 2 aromatic rings. The molecule has 0 fully saturated rings. The number of alkyl halides is 3. The van der Waals surface area contributed by atoms with Gasteiger partial charge >= 0.3 is 6.18 Å². The van der Waals surface area contributed by atoms with Gasteiger partial charge in [0.1, 0.15) is 5.82 Å². The van der Waals surface area contributed by atoms with E-state index >= 15 is 0 Å². The Hall–Kier alpha value is -1.88. The van der Waals surface area contributed by atoms with E-state index in [1.807, 2.05) is 0 Å². The highest BCUT2D eigenvalue weighted by atomic mass is 35.5. The molecule has 0 aromatic heterocycles. The SMILES string of the molecule is O=C(Cc1cccc(Cl)c1)c1cc(F)ccc1C(F)(F)F. The van der Waals surface area contributed by atoms with E-state index in [4.69, 9.17) is 11.6 Å². The minimum Gasteiger partial charge on any atom is -0.294 e. The lowest BCUT2D eigenvalue weighted by Crippen LogP contribution is -2.15. The van der Waals surface area contributed by atoms with Gasteiger partial charge in [0.15, 0.2) is 5.78 Å². The van der Waals surface area contributed by atoms with Gasteiger partial charge in [-0.3, -0.25) is 4.79 Å². The van der Waals surface area contributed by atoms with Crippen LogP contribution in [0.2, 0.25) is 5.02 Å². The predicted octanol–water partition coefficient (Wildman–Crippen LogP) is 4.92. The maximum absolute atomic E-state index is 13.2. The minimum atomic E-state index is -4.72. The molecule has 0 unspecified atom stereocenters. The molecular weight excluding hydrogens is 308 g/mol. The molecule has 0 spiro atoms. The average molecular weight is 317 g/mol. The van der Waals surface area contributed by atoms with Crippen molar-refractivity contribution in [2.45, 2.75) is 12.6 Å². The molecule has 0 atom stereocenters. The molecular formula is C15H9ClF4O. The number of Topliss-reactive ketones (excluding diaryl/α,β-unsaturated/α-hetero) is 1. The zero-order valence-electron chi connectivity index (χ0n) is 10.5. The van der Waals surface area contributed by atoms with Crippen LogP contribution in [0.25, 0.3) is 0 Å². The third kappa shape index (κ3) is 3.82. The molecule has 0 heterocycles. The normalized spacial score (nSPS) is 11.5. The number of carbonyl (C=O) groups excluding carboxylic acids is 1. The Kier molecular flexibility index (Phi) is 4.32. The third-order valence-corrected chi connectivity index (χ3v) is 3.08. The maximum atomic E-state index is 13.2. The van der Waals surface area contributed by atoms with Crippen LogP contribution >= 0.6 is 11.6 Å². The second-order valence-electron chi connectivity index (χ2n) is 4.42. The zero-order valence-corrected chi connectivity index (χ0v) is 11.3. The summed E-state index contributed by atoms with van der Waals surface area (Å²) in [5, 5.41) is 0.371. The van der Waals surface area contributed by atoms with Crippen molar-refractivity contribution in [3.8, 4) is 0 Å². The van der Waals surface area contributed by atoms with Crippen LogP contribution in [0.4, 0.5) is 17.6 Å². The monoisotopic (exact) mass is 316 g/mol. The molecule has 0 aliphatic rings. The molecule has 0 N–H and O–H groups in total. The van der Waals surface area contributed by atoms with Crippen LogP contribution in [0.15, 0.2) is 42.5 Å². The van der Waals surface area contributed by atoms with Gasteiger partial charge in [0.2, 0.25) is 0 Å². The summed E-state index contributed by atoms with van der Waals surface area (Å²) in [5.41, 5.74) is -1.36. The fourth-order valence-electron chi connectivity index (χ4n) is 1.92. The lowest BCUT2D eigenvalue weighted by Gasteiger charge is -2.12. The Bertz CT molecular complexity index is 680. The van der Waals surface area contributed by atoms with Crippen molar-refractivity contribution in [1.82, 2.24) is 0 Å². The minimum absolute atomic E-state index is 0.285. The van der Waals surface area contributed by atoms with Crippen molar-refractivity contribution < 1.29 is 22.4 Å². The number of carbonyl (C=O) groups is 1. The molecule has 2 rings (SSSR count). The Morgan fingerprint density at radius 1 is 1.10 bits per heavy atom. The van der Waals surface area contributed by atoms with Crippen LogP contribution in [0.5, 0.6) is 0 Å². The first-order valence-electron chi connectivity index (χ1n) is 5.92. The third-order valence-electron chi connectivity index (χ3n) is 2.84. The van der Waals surface area contributed by atoms with Gasteiger partial charge in [-0.05, 0) is 35.9 Å². The summed E-state index contributed by atoms with van der Waals surface area (Å²) in [7, 11) is 0. The molecule has 0 radical (unpaired) electrons. The van der Waals surface area contributed by atoms with Crippen molar-refractivity contribution in [2.24, 2.45) is 0 Å². The van der Waals surface area contributed by atoms with Gasteiger partial charge in [-0.2, -0.15) is 13.2 Å². The van der Waals surface area contributed by atoms with Gasteiger partial charge in [-0.15, -0.1) is 0 Å². The molecule has 0 aliphatic carbocycles. The molecule has 110 valence electrons. The molecule has 0 saturated carbocycles. The molecule has 0 bridgehead atoms. The molecule has 0 aliphatic heterocycles. The van der Waals surface area contributed by atoms with Crippen LogP contribution < -0.4 is 0 Å². The van der Waals surface area contributed by atoms with Crippen molar-refractivity contribution in [3.05, 3.63) is 70.0 Å². The average Bonchev–Trinajstić information content (AvgIpc) is 2.37. The van der Waals surface area contributed by atoms with E-state index in [1.54, 1.807) is 18.2 Å². The molecule has 6 heteroatoms. The standard InChI is InChI=1S/C15H9ClF4O/c16-10-3-1-2-9(6-10)7-14(21)12-8-11(17)4-5-13(12)15(18,19)20/h1-6,8H,7H2. The van der Waals surface area contributed by atoms with Crippen molar-refractivity contribution in [2.75, 3.05) is 0 Å². The molecule has 0 saturated heterocycles. The summed E-state index contributed by atoms with van der Waals surface area (Å²) >= 11 is 5.75. The maximum Gasteiger partial charge on any atom is 0.417 e. The summed E-state index contributed by atoms with van der Waals surface area (Å²) in [6.45, 7) is 0. The van der Waals surface area contributed by atoms with E-state index in [-0.39, 0.29) is 6.42 Å². The summed E-state index contributed by atoms with van der Waals surface area (Å²) in [5.74, 6) is -1.71. The largest absolute Gasteiger partial charge is 0.417 e. The zero-order chi connectivity index (χ0) is 15.6. The summed E-state index contributed by atoms with van der Waals surface area (Å²) in [6, 6.07) is 8.07. The molecule has 2 aromatic carbocycles. The van der Waals surface area contributed by atoms with Gasteiger partial charge in [-0.1, -0.05) is 23.7 Å². The van der Waals surface area contributed by atoms with Crippen LogP contribution in [0, 0.1) is 5.82 Å². The number of hydrogen-bond acceptors (Lipinski definition) is 1. The van der Waals surface area contributed by atoms with E-state index < -0.39 is 28.9 Å². The van der Waals surface area contributed by atoms with Crippen molar-refractivity contribution in [1.29, 1.82) is 0 Å². The van der Waals surface area contributed by atoms with Crippen molar-refractivity contribution in [3.63, 3.8) is 0 Å². The highest BCUT2D eigenvalue weighted by molar-refractivity contribution is 6.30. The highest BCUT2D eigenvalue weighted by Crippen LogP contribution is 2.33.